The van der Waals surface area contributed by atoms with E-state index in [2.05, 4.69) is 11.8 Å². The van der Waals surface area contributed by atoms with Crippen molar-refractivity contribution in [3.63, 3.8) is 0 Å². The second-order valence-electron chi connectivity index (χ2n) is 5.59. The zero-order valence-corrected chi connectivity index (χ0v) is 12.9. The molecule has 0 bridgehead atoms. The third kappa shape index (κ3) is 4.34. The molecule has 1 aliphatic carbocycles. The van der Waals surface area contributed by atoms with Crippen LogP contribution in [0.4, 0.5) is 0 Å². The third-order valence-corrected chi connectivity index (χ3v) is 3.79. The lowest BCUT2D eigenvalue weighted by atomic mass is 10.0. The van der Waals surface area contributed by atoms with E-state index in [1.165, 1.54) is 12.8 Å². The molecule has 2 rings (SSSR count). The number of hydrogen-bond acceptors (Lipinski definition) is 2. The van der Waals surface area contributed by atoms with Gasteiger partial charge in [-0.25, -0.2) is 0 Å². The summed E-state index contributed by atoms with van der Waals surface area (Å²) in [7, 11) is 0. The maximum absolute atomic E-state index is 12.6. The molecule has 0 saturated heterocycles. The lowest BCUT2D eigenvalue weighted by Gasteiger charge is -2.21. The van der Waals surface area contributed by atoms with E-state index < -0.39 is 0 Å². The normalized spacial score (nSPS) is 13.5. The topological polar surface area (TPSA) is 40.5 Å². The number of carbonyl (C=O) groups is 1. The zero-order valence-electron chi connectivity index (χ0n) is 12.9. The molecule has 0 atom stereocenters. The van der Waals surface area contributed by atoms with Crippen molar-refractivity contribution in [1.82, 2.24) is 4.90 Å². The van der Waals surface area contributed by atoms with Crippen LogP contribution >= 0.6 is 0 Å². The Labute approximate surface area is 127 Å². The molecule has 1 aliphatic rings. The smallest absolute Gasteiger partial charge is 0.253 e. The fraction of sp³-hybridized carbons (Fsp3) is 0.500. The minimum Gasteiger partial charge on any atom is -0.395 e. The lowest BCUT2D eigenvalue weighted by Crippen LogP contribution is -2.32. The van der Waals surface area contributed by atoms with E-state index in [4.69, 9.17) is 5.11 Å². The molecular weight excluding hydrogens is 262 g/mol. The average Bonchev–Trinajstić information content (AvgIpc) is 3.30. The Hall–Kier alpha value is -1.79. The van der Waals surface area contributed by atoms with Gasteiger partial charge < -0.3 is 10.0 Å². The molecule has 21 heavy (non-hydrogen) atoms. The molecule has 0 spiro atoms. The predicted octanol–water partition coefficient (Wildman–Crippen LogP) is 2.60. The summed E-state index contributed by atoms with van der Waals surface area (Å²) in [5.41, 5.74) is 2.63. The number of aliphatic hydroxyl groups is 1. The molecule has 0 heterocycles. The van der Waals surface area contributed by atoms with Crippen LogP contribution in [0.1, 0.15) is 47.7 Å². The van der Waals surface area contributed by atoms with Crippen LogP contribution in [-0.4, -0.2) is 35.6 Å². The van der Waals surface area contributed by atoms with E-state index in [0.29, 0.717) is 17.9 Å². The van der Waals surface area contributed by atoms with E-state index in [-0.39, 0.29) is 12.5 Å². The van der Waals surface area contributed by atoms with E-state index in [9.17, 15) is 4.79 Å². The van der Waals surface area contributed by atoms with E-state index in [1.807, 2.05) is 36.9 Å². The van der Waals surface area contributed by atoms with Gasteiger partial charge in [0.25, 0.3) is 5.91 Å². The molecule has 1 aromatic carbocycles. The van der Waals surface area contributed by atoms with Crippen molar-refractivity contribution < 1.29 is 9.90 Å². The summed E-state index contributed by atoms with van der Waals surface area (Å²) in [5, 5.41) is 8.79. The van der Waals surface area contributed by atoms with Crippen LogP contribution in [0.25, 0.3) is 0 Å². The summed E-state index contributed by atoms with van der Waals surface area (Å²) >= 11 is 0. The van der Waals surface area contributed by atoms with Gasteiger partial charge in [-0.1, -0.05) is 17.9 Å². The Morgan fingerprint density at radius 3 is 2.81 bits per heavy atom. The molecule has 0 aromatic heterocycles. The summed E-state index contributed by atoms with van der Waals surface area (Å²) in [6.07, 6.45) is 2.95. The molecule has 0 aliphatic heterocycles. The highest BCUT2D eigenvalue weighted by Gasteiger charge is 2.26. The monoisotopic (exact) mass is 285 g/mol. The molecule has 1 aromatic rings. The van der Waals surface area contributed by atoms with Gasteiger partial charge >= 0.3 is 0 Å². The first-order valence-corrected chi connectivity index (χ1v) is 7.65. The van der Waals surface area contributed by atoms with Crippen molar-refractivity contribution in [3.05, 3.63) is 34.9 Å². The number of aliphatic hydroxyl groups excluding tert-OH is 1. The van der Waals surface area contributed by atoms with Gasteiger partial charge in [0.1, 0.15) is 0 Å². The fourth-order valence-corrected chi connectivity index (χ4v) is 2.25. The Morgan fingerprint density at radius 1 is 1.43 bits per heavy atom. The first-order chi connectivity index (χ1) is 10.2. The molecule has 0 unspecified atom stereocenters. The summed E-state index contributed by atoms with van der Waals surface area (Å²) in [5.74, 6) is 6.75. The van der Waals surface area contributed by atoms with Gasteiger partial charge in [0.05, 0.1) is 6.61 Å². The zero-order chi connectivity index (χ0) is 15.2. The minimum atomic E-state index is 0.0651. The van der Waals surface area contributed by atoms with Gasteiger partial charge in [-0.15, -0.1) is 0 Å². The van der Waals surface area contributed by atoms with Gasteiger partial charge in [0.2, 0.25) is 0 Å². The van der Waals surface area contributed by atoms with Crippen molar-refractivity contribution in [2.75, 3.05) is 19.7 Å². The number of amides is 1. The molecule has 1 saturated carbocycles. The van der Waals surface area contributed by atoms with Crippen molar-refractivity contribution >= 4 is 5.91 Å². The molecule has 3 heteroatoms. The number of rotatable bonds is 5. The van der Waals surface area contributed by atoms with Crippen LogP contribution in [0, 0.1) is 24.7 Å². The van der Waals surface area contributed by atoms with Crippen LogP contribution in [0.3, 0.4) is 0 Å². The van der Waals surface area contributed by atoms with Gasteiger partial charge in [0.15, 0.2) is 0 Å². The van der Waals surface area contributed by atoms with Gasteiger partial charge in [-0.05, 0) is 50.3 Å². The molecule has 112 valence electrons. The molecule has 0 radical (unpaired) electrons. The highest BCUT2D eigenvalue weighted by Crippen LogP contribution is 2.30. The minimum absolute atomic E-state index is 0.0651. The Balaban J connectivity index is 2.16. The van der Waals surface area contributed by atoms with E-state index >= 15 is 0 Å². The fourth-order valence-electron chi connectivity index (χ4n) is 2.25. The van der Waals surface area contributed by atoms with Crippen molar-refractivity contribution in [3.8, 4) is 11.8 Å². The van der Waals surface area contributed by atoms with Crippen LogP contribution < -0.4 is 0 Å². The Kier molecular flexibility index (Phi) is 5.41. The average molecular weight is 285 g/mol. The number of nitrogens with zero attached hydrogens (tertiary/aromatic N) is 1. The van der Waals surface area contributed by atoms with E-state index in [1.54, 1.807) is 0 Å². The van der Waals surface area contributed by atoms with Crippen molar-refractivity contribution in [1.29, 1.82) is 0 Å². The Bertz CT molecular complexity index is 564. The van der Waals surface area contributed by atoms with Crippen LogP contribution in [0.15, 0.2) is 18.2 Å². The van der Waals surface area contributed by atoms with Crippen molar-refractivity contribution in [2.24, 2.45) is 5.92 Å². The maximum atomic E-state index is 12.6. The third-order valence-electron chi connectivity index (χ3n) is 3.79. The molecule has 1 fully saturated rings. The van der Waals surface area contributed by atoms with Crippen LogP contribution in [0.2, 0.25) is 0 Å². The molecule has 1 amide bonds. The summed E-state index contributed by atoms with van der Waals surface area (Å²) in [4.78, 5) is 14.5. The number of carbonyl (C=O) groups excluding carboxylic acids is 1. The largest absolute Gasteiger partial charge is 0.395 e. The second kappa shape index (κ2) is 7.28. The van der Waals surface area contributed by atoms with Gasteiger partial charge in [-0.2, -0.15) is 0 Å². The number of aryl methyl sites for hydroxylation is 1. The summed E-state index contributed by atoms with van der Waals surface area (Å²) < 4.78 is 0. The standard InChI is InChI=1S/C18H23NO2/c1-3-19(13-15-8-9-15)18(21)17-10-7-14(2)16(12-17)6-4-5-11-20/h7,10,12,15,20H,3,5,8-9,11,13H2,1-2H3. The summed E-state index contributed by atoms with van der Waals surface area (Å²) in [6, 6.07) is 5.70. The van der Waals surface area contributed by atoms with Crippen molar-refractivity contribution in [2.45, 2.75) is 33.1 Å². The number of hydrogen-bond donors (Lipinski definition) is 1. The van der Waals surface area contributed by atoms with Gasteiger partial charge in [-0.3, -0.25) is 4.79 Å². The molecule has 3 nitrogen and oxygen atoms in total. The second-order valence-corrected chi connectivity index (χ2v) is 5.59. The first kappa shape index (κ1) is 15.6. The predicted molar refractivity (Wildman–Crippen MR) is 84.1 cm³/mol. The number of benzene rings is 1. The quantitative estimate of drug-likeness (QED) is 0.845. The highest BCUT2D eigenvalue weighted by atomic mass is 16.2. The highest BCUT2D eigenvalue weighted by molar-refractivity contribution is 5.94. The van der Waals surface area contributed by atoms with Gasteiger partial charge in [0, 0.05) is 30.6 Å². The maximum Gasteiger partial charge on any atom is 0.253 e. The first-order valence-electron chi connectivity index (χ1n) is 7.65. The molecule has 1 N–H and O–H groups in total. The Morgan fingerprint density at radius 2 is 2.19 bits per heavy atom. The van der Waals surface area contributed by atoms with Crippen LogP contribution in [-0.2, 0) is 0 Å². The van der Waals surface area contributed by atoms with E-state index in [0.717, 1.165) is 24.2 Å². The lowest BCUT2D eigenvalue weighted by molar-refractivity contribution is 0.0757. The molecular formula is C18H23NO2. The summed E-state index contributed by atoms with van der Waals surface area (Å²) in [6.45, 7) is 5.69. The van der Waals surface area contributed by atoms with Crippen LogP contribution in [0.5, 0.6) is 0 Å². The SMILES string of the molecule is CCN(CC1CC1)C(=O)c1ccc(C)c(C#CCCO)c1.